The number of carbonyl (C=O) groups excluding carboxylic acids is 2. The maximum atomic E-state index is 11.2. The number of aliphatic carboxylic acids is 1. The van der Waals surface area contributed by atoms with Crippen LogP contribution in [0.4, 0.5) is 4.79 Å². The molecule has 0 aliphatic carbocycles. The molecule has 2 aromatic carbocycles. The number of carbonyl (C=O) groups is 3. The number of carboxylic acid groups (broad SMARTS) is 1. The molecule has 5 N–H and O–H groups in total. The van der Waals surface area contributed by atoms with Gasteiger partial charge in [0.05, 0.1) is 12.5 Å². The summed E-state index contributed by atoms with van der Waals surface area (Å²) in [4.78, 5) is 32.5. The summed E-state index contributed by atoms with van der Waals surface area (Å²) in [5.41, 5.74) is 8.59. The second-order valence-corrected chi connectivity index (χ2v) is 7.20. The molecule has 0 bridgehead atoms. The third kappa shape index (κ3) is 10.2. The van der Waals surface area contributed by atoms with Gasteiger partial charge in [-0.25, -0.2) is 4.79 Å². The van der Waals surface area contributed by atoms with Crippen molar-refractivity contribution in [2.75, 3.05) is 6.54 Å². The van der Waals surface area contributed by atoms with Crippen molar-refractivity contribution < 1.29 is 24.2 Å². The van der Waals surface area contributed by atoms with Gasteiger partial charge in [0.1, 0.15) is 5.75 Å². The molecular weight excluding hydrogens is 398 g/mol. The van der Waals surface area contributed by atoms with Crippen molar-refractivity contribution in [2.45, 2.75) is 46.8 Å². The Hall–Kier alpha value is -3.55. The van der Waals surface area contributed by atoms with Crippen LogP contribution in [0, 0.1) is 13.8 Å². The number of hydrogen-bond donors (Lipinski definition) is 4. The molecule has 0 spiro atoms. The first-order valence-corrected chi connectivity index (χ1v) is 9.95. The molecule has 0 radical (unpaired) electrons. The Kier molecular flexibility index (Phi) is 10.6. The molecule has 0 heterocycles. The number of nitrogens with two attached hydrogens (primary N) is 1. The second kappa shape index (κ2) is 12.9. The fraction of sp³-hybridized carbons (Fsp3) is 0.348. The zero-order valence-electron chi connectivity index (χ0n) is 18.4. The van der Waals surface area contributed by atoms with E-state index in [0.29, 0.717) is 12.1 Å². The van der Waals surface area contributed by atoms with Gasteiger partial charge in [-0.15, -0.1) is 0 Å². The Morgan fingerprint density at radius 2 is 1.61 bits per heavy atom. The van der Waals surface area contributed by atoms with Crippen molar-refractivity contribution in [2.24, 2.45) is 5.73 Å². The zero-order chi connectivity index (χ0) is 23.4. The molecule has 31 heavy (non-hydrogen) atoms. The predicted molar refractivity (Wildman–Crippen MR) is 119 cm³/mol. The molecule has 8 nitrogen and oxygen atoms in total. The van der Waals surface area contributed by atoms with Gasteiger partial charge in [-0.2, -0.15) is 0 Å². The lowest BCUT2D eigenvalue weighted by Crippen LogP contribution is -2.36. The van der Waals surface area contributed by atoms with Crippen LogP contribution in [0.1, 0.15) is 47.3 Å². The maximum absolute atomic E-state index is 11.2. The Labute approximate surface area is 182 Å². The van der Waals surface area contributed by atoms with Gasteiger partial charge < -0.3 is 26.2 Å². The molecule has 0 aromatic heterocycles. The summed E-state index contributed by atoms with van der Waals surface area (Å²) in [6.45, 7) is 8.22. The summed E-state index contributed by atoms with van der Waals surface area (Å²) in [6, 6.07) is 12.8. The van der Waals surface area contributed by atoms with E-state index < -0.39 is 5.97 Å². The first-order chi connectivity index (χ1) is 14.6. The summed E-state index contributed by atoms with van der Waals surface area (Å²) in [5, 5.41) is 13.4. The smallest absolute Gasteiger partial charge is 0.315 e. The molecule has 0 saturated carbocycles. The summed E-state index contributed by atoms with van der Waals surface area (Å²) in [6.07, 6.45) is 0.0573. The van der Waals surface area contributed by atoms with E-state index in [4.69, 9.17) is 15.6 Å². The SMILES string of the molecule is Cc1cc(OC(C)C)cc(C)c1C(N)=O.O=C(O)CCNC(=O)NCc1ccccc1. The quantitative estimate of drug-likeness (QED) is 0.512. The largest absolute Gasteiger partial charge is 0.491 e. The number of carboxylic acids is 1. The van der Waals surface area contributed by atoms with E-state index in [0.717, 1.165) is 22.4 Å². The van der Waals surface area contributed by atoms with Gasteiger partial charge >= 0.3 is 12.0 Å². The topological polar surface area (TPSA) is 131 Å². The van der Waals surface area contributed by atoms with Crippen molar-refractivity contribution >= 4 is 17.9 Å². The van der Waals surface area contributed by atoms with Gasteiger partial charge in [-0.05, 0) is 56.5 Å². The van der Waals surface area contributed by atoms with Crippen LogP contribution in [-0.2, 0) is 11.3 Å². The monoisotopic (exact) mass is 429 g/mol. The lowest BCUT2D eigenvalue weighted by atomic mass is 10.0. The van der Waals surface area contributed by atoms with Crippen molar-refractivity contribution in [3.05, 3.63) is 64.7 Å². The summed E-state index contributed by atoms with van der Waals surface area (Å²) < 4.78 is 5.56. The number of benzene rings is 2. The second-order valence-electron chi connectivity index (χ2n) is 7.20. The Balaban J connectivity index is 0.000000311. The molecular formula is C23H31N3O5. The van der Waals surface area contributed by atoms with Gasteiger partial charge in [-0.3, -0.25) is 9.59 Å². The average molecular weight is 430 g/mol. The van der Waals surface area contributed by atoms with E-state index in [1.54, 1.807) is 0 Å². The highest BCUT2D eigenvalue weighted by molar-refractivity contribution is 5.96. The number of primary amides is 1. The molecule has 2 aromatic rings. The normalized spacial score (nSPS) is 9.97. The highest BCUT2D eigenvalue weighted by atomic mass is 16.5. The Bertz CT molecular complexity index is 859. The fourth-order valence-electron chi connectivity index (χ4n) is 2.78. The van der Waals surface area contributed by atoms with Crippen LogP contribution in [0.5, 0.6) is 5.75 Å². The number of amides is 3. The molecule has 0 aliphatic rings. The van der Waals surface area contributed by atoms with E-state index in [-0.39, 0.29) is 31.0 Å². The number of urea groups is 1. The van der Waals surface area contributed by atoms with Crippen LogP contribution in [0.3, 0.4) is 0 Å². The first-order valence-electron chi connectivity index (χ1n) is 9.95. The Morgan fingerprint density at radius 3 is 2.10 bits per heavy atom. The number of aryl methyl sites for hydroxylation is 2. The summed E-state index contributed by atoms with van der Waals surface area (Å²) >= 11 is 0. The summed E-state index contributed by atoms with van der Waals surface area (Å²) in [7, 11) is 0. The van der Waals surface area contributed by atoms with Gasteiger partial charge in [0, 0.05) is 18.7 Å². The van der Waals surface area contributed by atoms with Crippen LogP contribution >= 0.6 is 0 Å². The standard InChI is InChI=1S/C12H17NO2.C11H14N2O3/c1-7(2)15-10-5-8(3)11(12(13)14)9(4)6-10;14-10(15)6-7-12-11(16)13-8-9-4-2-1-3-5-9/h5-7H,1-4H3,(H2,13,14);1-5H,6-8H2,(H,14,15)(H2,12,13,16). The third-order valence-corrected chi connectivity index (χ3v) is 4.04. The van der Waals surface area contributed by atoms with Crippen LogP contribution in [0.25, 0.3) is 0 Å². The van der Waals surface area contributed by atoms with Crippen molar-refractivity contribution in [3.8, 4) is 5.75 Å². The number of rotatable bonds is 8. The number of nitrogens with one attached hydrogen (secondary N) is 2. The van der Waals surface area contributed by atoms with Gasteiger partial charge in [0.15, 0.2) is 0 Å². The average Bonchev–Trinajstić information content (AvgIpc) is 2.66. The molecule has 0 fully saturated rings. The van der Waals surface area contributed by atoms with E-state index in [9.17, 15) is 14.4 Å². The van der Waals surface area contributed by atoms with E-state index in [1.165, 1.54) is 0 Å². The maximum Gasteiger partial charge on any atom is 0.315 e. The minimum atomic E-state index is -0.927. The van der Waals surface area contributed by atoms with Crippen molar-refractivity contribution in [1.29, 1.82) is 0 Å². The highest BCUT2D eigenvalue weighted by Crippen LogP contribution is 2.22. The molecule has 2 rings (SSSR count). The van der Waals surface area contributed by atoms with E-state index in [1.807, 2.05) is 70.2 Å². The Morgan fingerprint density at radius 1 is 1.03 bits per heavy atom. The van der Waals surface area contributed by atoms with E-state index >= 15 is 0 Å². The number of ether oxygens (including phenoxy) is 1. The van der Waals surface area contributed by atoms with Gasteiger partial charge in [-0.1, -0.05) is 30.3 Å². The lowest BCUT2D eigenvalue weighted by Gasteiger charge is -2.13. The zero-order valence-corrected chi connectivity index (χ0v) is 18.4. The van der Waals surface area contributed by atoms with E-state index in [2.05, 4.69) is 10.6 Å². The van der Waals surface area contributed by atoms with Gasteiger partial charge in [0.25, 0.3) is 0 Å². The highest BCUT2D eigenvalue weighted by Gasteiger charge is 2.11. The molecule has 0 aliphatic heterocycles. The molecule has 3 amide bonds. The van der Waals surface area contributed by atoms with Gasteiger partial charge in [0.2, 0.25) is 5.91 Å². The molecule has 0 saturated heterocycles. The summed E-state index contributed by atoms with van der Waals surface area (Å²) in [5.74, 6) is -0.533. The van der Waals surface area contributed by atoms with Crippen molar-refractivity contribution in [1.82, 2.24) is 10.6 Å². The van der Waals surface area contributed by atoms with Crippen LogP contribution in [-0.4, -0.2) is 35.7 Å². The molecule has 168 valence electrons. The van der Waals surface area contributed by atoms with Crippen molar-refractivity contribution in [3.63, 3.8) is 0 Å². The first kappa shape index (κ1) is 25.5. The predicted octanol–water partition coefficient (Wildman–Crippen LogP) is 3.15. The van der Waals surface area contributed by atoms with Crippen LogP contribution in [0.15, 0.2) is 42.5 Å². The van der Waals surface area contributed by atoms with Crippen LogP contribution in [0.2, 0.25) is 0 Å². The lowest BCUT2D eigenvalue weighted by molar-refractivity contribution is -0.136. The molecule has 0 unspecified atom stereocenters. The third-order valence-electron chi connectivity index (χ3n) is 4.04. The van der Waals surface area contributed by atoms with Crippen LogP contribution < -0.4 is 21.1 Å². The minimum absolute atomic E-state index is 0.0707. The number of hydrogen-bond acceptors (Lipinski definition) is 4. The molecule has 8 heteroatoms. The fourth-order valence-corrected chi connectivity index (χ4v) is 2.78. The minimum Gasteiger partial charge on any atom is -0.491 e. The molecule has 0 atom stereocenters.